The van der Waals surface area contributed by atoms with Crippen molar-refractivity contribution in [2.45, 2.75) is 6.92 Å². The highest BCUT2D eigenvalue weighted by molar-refractivity contribution is 7.26. The van der Waals surface area contributed by atoms with Gasteiger partial charge in [-0.15, -0.1) is 11.3 Å². The van der Waals surface area contributed by atoms with Crippen LogP contribution in [0.5, 0.6) is 0 Å². The highest BCUT2D eigenvalue weighted by atomic mass is 32.1. The van der Waals surface area contributed by atoms with E-state index in [2.05, 4.69) is 205 Å². The first kappa shape index (κ1) is 36.1. The number of aliphatic imine (C=N–C) groups is 1. The molecule has 0 bridgehead atoms. The second-order valence-electron chi connectivity index (χ2n) is 15.9. The van der Waals surface area contributed by atoms with Crippen LogP contribution in [0.4, 0.5) is 5.69 Å². The Morgan fingerprint density at radius 2 is 1.24 bits per heavy atom. The molecule has 1 aliphatic rings. The number of thiophene rings is 1. The van der Waals surface area contributed by atoms with Crippen LogP contribution in [0.3, 0.4) is 0 Å². The third-order valence-corrected chi connectivity index (χ3v) is 13.5. The van der Waals surface area contributed by atoms with E-state index in [1.54, 1.807) is 0 Å². The number of nitrogens with zero attached hydrogens (tertiary/aromatic N) is 3. The molecule has 3 aromatic heterocycles. The molecule has 0 N–H and O–H groups in total. The minimum absolute atomic E-state index is 0.770. The molecule has 12 rings (SSSR count). The summed E-state index contributed by atoms with van der Waals surface area (Å²) in [6.07, 6.45) is 6.13. The van der Waals surface area contributed by atoms with Gasteiger partial charge in [0.2, 0.25) is 0 Å². The van der Waals surface area contributed by atoms with E-state index in [0.717, 1.165) is 66.8 Å². The van der Waals surface area contributed by atoms with Crippen molar-refractivity contribution in [3.8, 4) is 27.9 Å². The highest BCUT2D eigenvalue weighted by Gasteiger charge is 2.25. The lowest BCUT2D eigenvalue weighted by Crippen LogP contribution is -2.33. The minimum atomic E-state index is 0.770. The van der Waals surface area contributed by atoms with Crippen molar-refractivity contribution in [3.05, 3.63) is 216 Å². The van der Waals surface area contributed by atoms with Gasteiger partial charge in [-0.05, 0) is 95.9 Å². The predicted octanol–water partition coefficient (Wildman–Crippen LogP) is 13.6. The highest BCUT2D eigenvalue weighted by Crippen LogP contribution is 2.41. The van der Waals surface area contributed by atoms with Gasteiger partial charge in [-0.2, -0.15) is 0 Å². The molecule has 4 heterocycles. The fourth-order valence-corrected chi connectivity index (χ4v) is 10.6. The normalized spacial score (nSPS) is 14.3. The van der Waals surface area contributed by atoms with Crippen molar-refractivity contribution < 1.29 is 4.42 Å². The van der Waals surface area contributed by atoms with Gasteiger partial charge in [0.25, 0.3) is 0 Å². The molecule has 5 heteroatoms. The summed E-state index contributed by atoms with van der Waals surface area (Å²) in [5.41, 5.74) is 13.9. The molecule has 0 saturated heterocycles. The zero-order chi connectivity index (χ0) is 41.3. The number of fused-ring (bicyclic) bond motifs is 8. The molecule has 1 aliphatic heterocycles. The van der Waals surface area contributed by atoms with Crippen LogP contribution in [-0.4, -0.2) is 17.3 Å². The van der Waals surface area contributed by atoms with Crippen LogP contribution >= 0.6 is 11.3 Å². The van der Waals surface area contributed by atoms with E-state index in [0.29, 0.717) is 0 Å². The second-order valence-corrected chi connectivity index (χ2v) is 16.9. The summed E-state index contributed by atoms with van der Waals surface area (Å²) in [5.74, 6) is 0.837. The first-order valence-corrected chi connectivity index (χ1v) is 21.9. The molecule has 62 heavy (non-hydrogen) atoms. The van der Waals surface area contributed by atoms with Gasteiger partial charge < -0.3 is 13.9 Å². The van der Waals surface area contributed by atoms with Crippen molar-refractivity contribution in [3.63, 3.8) is 0 Å². The molecule has 0 fully saturated rings. The summed E-state index contributed by atoms with van der Waals surface area (Å²) >= 11 is 1.86. The summed E-state index contributed by atoms with van der Waals surface area (Å²) in [6, 6.07) is 65.5. The average molecular weight is 814 g/mol. The van der Waals surface area contributed by atoms with E-state index in [-0.39, 0.29) is 0 Å². The molecule has 0 aliphatic carbocycles. The molecule has 294 valence electrons. The maximum absolute atomic E-state index is 6.72. The first-order chi connectivity index (χ1) is 30.6. The minimum Gasteiger partial charge on any atom is -0.456 e. The Morgan fingerprint density at radius 1 is 0.548 bits per heavy atom. The van der Waals surface area contributed by atoms with Gasteiger partial charge in [0.15, 0.2) is 0 Å². The van der Waals surface area contributed by atoms with Crippen molar-refractivity contribution in [2.24, 2.45) is 4.99 Å². The maximum Gasteiger partial charge on any atom is 0.145 e. The largest absolute Gasteiger partial charge is 0.456 e. The summed E-state index contributed by atoms with van der Waals surface area (Å²) in [5, 5.41) is 7.01. The monoisotopic (exact) mass is 813 g/mol. The number of aromatic nitrogens is 1. The van der Waals surface area contributed by atoms with Crippen molar-refractivity contribution in [2.75, 3.05) is 11.9 Å². The summed E-state index contributed by atoms with van der Waals surface area (Å²) < 4.78 is 11.7. The van der Waals surface area contributed by atoms with Crippen molar-refractivity contribution in [1.29, 1.82) is 0 Å². The number of para-hydroxylation sites is 3. The molecule has 0 spiro atoms. The van der Waals surface area contributed by atoms with Gasteiger partial charge in [0.05, 0.1) is 27.7 Å². The number of allylic oxidation sites excluding steroid dienone is 2. The van der Waals surface area contributed by atoms with Gasteiger partial charge in [0.1, 0.15) is 16.8 Å². The van der Waals surface area contributed by atoms with Gasteiger partial charge in [-0.3, -0.25) is 0 Å². The standard InChI is InChI=1S/C57H39N3OS/c1-3-4-27-52-54(47-35-37(30-32-51(47)61-52)36-29-31-50-46(34-36)42-20-8-12-26-49(42)60(50)40-18-6-5-7-19-40)57-58-55(45-22-9-11-25-48(45)59(57)2)39-17-14-16-38(33-39)41-23-15-24-44-43-21-10-13-28-53(43)62-56(41)44/h3-35H,1-2H3/b4-3-,52-27+,57-54-. The summed E-state index contributed by atoms with van der Waals surface area (Å²) in [7, 11) is 2.12. The van der Waals surface area contributed by atoms with E-state index in [1.165, 1.54) is 53.1 Å². The topological polar surface area (TPSA) is 33.7 Å². The molecule has 8 aromatic carbocycles. The van der Waals surface area contributed by atoms with Crippen molar-refractivity contribution >= 4 is 87.6 Å². The lowest BCUT2D eigenvalue weighted by Gasteiger charge is -2.28. The van der Waals surface area contributed by atoms with E-state index in [1.807, 2.05) is 30.4 Å². The Morgan fingerprint density at radius 3 is 2.13 bits per heavy atom. The number of anilines is 1. The van der Waals surface area contributed by atoms with Gasteiger partial charge in [0, 0.05) is 60.2 Å². The molecular weight excluding hydrogens is 775 g/mol. The summed E-state index contributed by atoms with van der Waals surface area (Å²) in [6.45, 7) is 2.03. The van der Waals surface area contributed by atoms with E-state index in [9.17, 15) is 0 Å². The van der Waals surface area contributed by atoms with Gasteiger partial charge in [-0.1, -0.05) is 133 Å². The molecule has 0 atom stereocenters. The third kappa shape index (κ3) is 5.70. The average Bonchev–Trinajstić information content (AvgIpc) is 4.00. The number of benzene rings is 8. The molecule has 11 aromatic rings. The summed E-state index contributed by atoms with van der Waals surface area (Å²) in [4.78, 5) is 7.85. The zero-order valence-corrected chi connectivity index (χ0v) is 35.0. The van der Waals surface area contributed by atoms with Crippen LogP contribution in [0.25, 0.3) is 92.8 Å². The SMILES string of the molecule is C\C=C/C=c1/oc2ccc(-c3ccc4c(c3)c3ccccc3n4-c3ccccc3)cc2/c1=C1\N=C(c2cccc(-c3cccc4c3sc3ccccc34)c2)c2ccccc2N1C. The van der Waals surface area contributed by atoms with E-state index < -0.39 is 0 Å². The van der Waals surface area contributed by atoms with Crippen LogP contribution in [0.15, 0.2) is 204 Å². The molecular formula is C57H39N3OS. The smallest absolute Gasteiger partial charge is 0.145 e. The van der Waals surface area contributed by atoms with Crippen molar-refractivity contribution in [1.82, 2.24) is 4.57 Å². The van der Waals surface area contributed by atoms with Gasteiger partial charge >= 0.3 is 0 Å². The zero-order valence-electron chi connectivity index (χ0n) is 34.2. The molecule has 0 saturated carbocycles. The van der Waals surface area contributed by atoms with Crippen LogP contribution in [0, 0.1) is 0 Å². The Bertz CT molecular complexity index is 3790. The first-order valence-electron chi connectivity index (χ1n) is 21.0. The van der Waals surface area contributed by atoms with E-state index >= 15 is 0 Å². The quantitative estimate of drug-likeness (QED) is 0.173. The van der Waals surface area contributed by atoms with E-state index in [4.69, 9.17) is 9.41 Å². The Labute approximate surface area is 362 Å². The van der Waals surface area contributed by atoms with Gasteiger partial charge in [-0.25, -0.2) is 4.99 Å². The third-order valence-electron chi connectivity index (χ3n) is 12.3. The Kier molecular flexibility index (Phi) is 8.44. The number of hydrogen-bond acceptors (Lipinski definition) is 4. The number of furan rings is 1. The van der Waals surface area contributed by atoms with Crippen LogP contribution in [0.2, 0.25) is 0 Å². The molecule has 0 radical (unpaired) electrons. The number of rotatable bonds is 5. The lowest BCUT2D eigenvalue weighted by atomic mass is 9.94. The second kappa shape index (κ2) is 14.5. The number of hydrogen-bond donors (Lipinski definition) is 0. The molecule has 4 nitrogen and oxygen atoms in total. The Balaban J connectivity index is 1.06. The molecule has 0 amide bonds. The maximum atomic E-state index is 6.72. The van der Waals surface area contributed by atoms with Crippen LogP contribution in [0.1, 0.15) is 18.1 Å². The fourth-order valence-electron chi connectivity index (χ4n) is 9.41. The Hall–Kier alpha value is -7.73. The molecule has 0 unspecified atom stereocenters. The van der Waals surface area contributed by atoms with Crippen LogP contribution < -0.4 is 15.5 Å². The lowest BCUT2D eigenvalue weighted by molar-refractivity contribution is 0.575. The predicted molar refractivity (Wildman–Crippen MR) is 263 cm³/mol. The fraction of sp³-hybridized carbons (Fsp3) is 0.0351. The van der Waals surface area contributed by atoms with Crippen LogP contribution in [-0.2, 0) is 0 Å².